The minimum atomic E-state index is -0.416. The van der Waals surface area contributed by atoms with E-state index in [1.54, 1.807) is 6.20 Å². The van der Waals surface area contributed by atoms with Crippen molar-refractivity contribution in [1.29, 1.82) is 0 Å². The fourth-order valence-electron chi connectivity index (χ4n) is 2.96. The Morgan fingerprint density at radius 2 is 2.28 bits per heavy atom. The summed E-state index contributed by atoms with van der Waals surface area (Å²) in [7, 11) is 0. The molecule has 6 heteroatoms. The summed E-state index contributed by atoms with van der Waals surface area (Å²) in [6.45, 7) is 0.776. The van der Waals surface area contributed by atoms with Gasteiger partial charge >= 0.3 is 0 Å². The Morgan fingerprint density at radius 3 is 3.00 bits per heavy atom. The van der Waals surface area contributed by atoms with Crippen LogP contribution in [0.3, 0.4) is 0 Å². The van der Waals surface area contributed by atoms with E-state index in [1.165, 1.54) is 23.0 Å². The molecule has 2 aliphatic heterocycles. The Kier molecular flexibility index (Phi) is 3.89. The first-order valence-corrected chi connectivity index (χ1v) is 8.39. The summed E-state index contributed by atoms with van der Waals surface area (Å²) in [6, 6.07) is 0. The number of nitrogens with zero attached hydrogens (tertiary/aromatic N) is 2. The van der Waals surface area contributed by atoms with Gasteiger partial charge in [0.25, 0.3) is 0 Å². The Hall–Kier alpha value is -0.170. The molecule has 18 heavy (non-hydrogen) atoms. The summed E-state index contributed by atoms with van der Waals surface area (Å²) in [5, 5.41) is 14.2. The van der Waals surface area contributed by atoms with Crippen molar-refractivity contribution in [2.75, 3.05) is 18.1 Å². The highest BCUT2D eigenvalue weighted by Gasteiger charge is 2.41. The zero-order valence-electron chi connectivity index (χ0n) is 10.2. The van der Waals surface area contributed by atoms with E-state index in [0.717, 1.165) is 37.2 Å². The van der Waals surface area contributed by atoms with Crippen molar-refractivity contribution in [3.63, 3.8) is 0 Å². The van der Waals surface area contributed by atoms with Crippen LogP contribution in [0.15, 0.2) is 6.20 Å². The fraction of sp³-hybridized carbons (Fsp3) is 0.833. The van der Waals surface area contributed by atoms with Crippen LogP contribution in [0.25, 0.3) is 0 Å². The number of aliphatic hydroxyl groups excluding tert-OH is 1. The van der Waals surface area contributed by atoms with Gasteiger partial charge in [0.15, 0.2) is 0 Å². The second-order valence-corrected chi connectivity index (χ2v) is 7.20. The number of hydrogen-bond acceptors (Lipinski definition) is 6. The molecule has 2 atom stereocenters. The van der Waals surface area contributed by atoms with E-state index in [1.807, 2.05) is 11.8 Å². The Labute approximate surface area is 115 Å². The average molecular weight is 286 g/mol. The van der Waals surface area contributed by atoms with Crippen molar-refractivity contribution >= 4 is 23.3 Å². The summed E-state index contributed by atoms with van der Waals surface area (Å²) < 4.78 is 9.89. The van der Waals surface area contributed by atoms with Crippen molar-refractivity contribution < 1.29 is 9.84 Å². The molecule has 2 fully saturated rings. The summed E-state index contributed by atoms with van der Waals surface area (Å²) in [4.78, 5) is 0.891. The third-order valence-electron chi connectivity index (χ3n) is 4.05. The van der Waals surface area contributed by atoms with Crippen LogP contribution in [-0.4, -0.2) is 38.4 Å². The molecular weight excluding hydrogens is 268 g/mol. The second kappa shape index (κ2) is 5.45. The molecule has 2 aliphatic rings. The molecular formula is C12H18N2O2S2. The van der Waals surface area contributed by atoms with E-state index >= 15 is 0 Å². The molecule has 1 aromatic heterocycles. The molecule has 0 bridgehead atoms. The molecule has 0 saturated carbocycles. The second-order valence-electron chi connectivity index (χ2n) is 5.16. The first-order chi connectivity index (χ1) is 8.79. The minimum Gasteiger partial charge on any atom is -0.387 e. The molecule has 0 amide bonds. The zero-order valence-corrected chi connectivity index (χ0v) is 11.9. The van der Waals surface area contributed by atoms with E-state index in [2.05, 4.69) is 9.59 Å². The van der Waals surface area contributed by atoms with Crippen LogP contribution >= 0.6 is 23.3 Å². The van der Waals surface area contributed by atoms with Crippen LogP contribution in [0.5, 0.6) is 0 Å². The number of ether oxygens (including phenoxy) is 1. The minimum absolute atomic E-state index is 0.0350. The van der Waals surface area contributed by atoms with Gasteiger partial charge in [-0.05, 0) is 54.6 Å². The van der Waals surface area contributed by atoms with Crippen LogP contribution in [0.4, 0.5) is 0 Å². The molecule has 3 rings (SSSR count). The molecule has 0 aliphatic carbocycles. The van der Waals surface area contributed by atoms with Gasteiger partial charge in [-0.15, -0.1) is 5.10 Å². The fourth-order valence-corrected chi connectivity index (χ4v) is 4.78. The molecule has 3 heterocycles. The summed E-state index contributed by atoms with van der Waals surface area (Å²) in [5.74, 6) is 2.67. The van der Waals surface area contributed by atoms with E-state index in [0.29, 0.717) is 5.92 Å². The van der Waals surface area contributed by atoms with Gasteiger partial charge in [-0.2, -0.15) is 11.8 Å². The van der Waals surface area contributed by atoms with Crippen molar-refractivity contribution in [3.8, 4) is 0 Å². The maximum Gasteiger partial charge on any atom is 0.0944 e. The SMILES string of the molecule is OC(c1cnns1)C1CCOC2(CCSCC2)C1. The predicted octanol–water partition coefficient (Wildman–Crippen LogP) is 2.26. The number of hydrogen-bond donors (Lipinski definition) is 1. The maximum atomic E-state index is 10.4. The molecule has 1 aromatic rings. The van der Waals surface area contributed by atoms with E-state index < -0.39 is 6.10 Å². The highest BCUT2D eigenvalue weighted by atomic mass is 32.2. The van der Waals surface area contributed by atoms with E-state index in [4.69, 9.17) is 4.74 Å². The van der Waals surface area contributed by atoms with E-state index in [-0.39, 0.29) is 5.60 Å². The topological polar surface area (TPSA) is 55.2 Å². The molecule has 100 valence electrons. The van der Waals surface area contributed by atoms with Crippen molar-refractivity contribution in [2.45, 2.75) is 37.4 Å². The van der Waals surface area contributed by atoms with Gasteiger partial charge in [-0.25, -0.2) is 0 Å². The van der Waals surface area contributed by atoms with Crippen LogP contribution < -0.4 is 0 Å². The summed E-state index contributed by atoms with van der Waals surface area (Å²) in [5.41, 5.74) is 0.0350. The number of aliphatic hydroxyl groups is 1. The van der Waals surface area contributed by atoms with Crippen molar-refractivity contribution in [3.05, 3.63) is 11.1 Å². The molecule has 2 saturated heterocycles. The molecule has 0 radical (unpaired) electrons. The molecule has 0 aromatic carbocycles. The van der Waals surface area contributed by atoms with Crippen molar-refractivity contribution in [2.24, 2.45) is 5.92 Å². The quantitative estimate of drug-likeness (QED) is 0.904. The Balaban J connectivity index is 1.70. The highest BCUT2D eigenvalue weighted by molar-refractivity contribution is 7.99. The molecule has 2 unspecified atom stereocenters. The van der Waals surface area contributed by atoms with E-state index in [9.17, 15) is 5.11 Å². The van der Waals surface area contributed by atoms with Gasteiger partial charge in [-0.3, -0.25) is 0 Å². The Morgan fingerprint density at radius 1 is 1.44 bits per heavy atom. The van der Waals surface area contributed by atoms with Gasteiger partial charge in [0.1, 0.15) is 0 Å². The standard InChI is InChI=1S/C12H18N2O2S2/c15-11(10-8-13-14-18-10)9-1-4-16-12(7-9)2-5-17-6-3-12/h8-9,11,15H,1-7H2. The smallest absolute Gasteiger partial charge is 0.0944 e. The van der Waals surface area contributed by atoms with Gasteiger partial charge in [0.2, 0.25) is 0 Å². The lowest BCUT2D eigenvalue weighted by molar-refractivity contribution is -0.120. The zero-order chi connectivity index (χ0) is 12.4. The average Bonchev–Trinajstić information content (AvgIpc) is 2.93. The number of rotatable bonds is 2. The van der Waals surface area contributed by atoms with Gasteiger partial charge in [0, 0.05) is 6.61 Å². The first kappa shape index (κ1) is 12.8. The third-order valence-corrected chi connectivity index (χ3v) is 5.77. The van der Waals surface area contributed by atoms with Crippen LogP contribution in [0.1, 0.15) is 36.7 Å². The van der Waals surface area contributed by atoms with Crippen molar-refractivity contribution in [1.82, 2.24) is 9.59 Å². The summed E-state index contributed by atoms with van der Waals surface area (Å²) >= 11 is 3.31. The maximum absolute atomic E-state index is 10.4. The van der Waals surface area contributed by atoms with Crippen LogP contribution in [0.2, 0.25) is 0 Å². The number of aromatic nitrogens is 2. The lowest BCUT2D eigenvalue weighted by Gasteiger charge is -2.44. The Bertz CT molecular complexity index is 374. The number of thioether (sulfide) groups is 1. The molecule has 1 spiro atoms. The highest BCUT2D eigenvalue weighted by Crippen LogP contribution is 2.43. The largest absolute Gasteiger partial charge is 0.387 e. The van der Waals surface area contributed by atoms with Gasteiger partial charge < -0.3 is 9.84 Å². The molecule has 1 N–H and O–H groups in total. The lowest BCUT2D eigenvalue weighted by atomic mass is 9.79. The van der Waals surface area contributed by atoms with Gasteiger partial charge in [-0.1, -0.05) is 4.49 Å². The molecule has 4 nitrogen and oxygen atoms in total. The summed E-state index contributed by atoms with van der Waals surface area (Å²) in [6.07, 6.45) is 5.44. The third kappa shape index (κ3) is 2.57. The predicted molar refractivity (Wildman–Crippen MR) is 72.8 cm³/mol. The van der Waals surface area contributed by atoms with Gasteiger partial charge in [0.05, 0.1) is 22.8 Å². The normalized spacial score (nSPS) is 29.3. The monoisotopic (exact) mass is 286 g/mol. The lowest BCUT2D eigenvalue weighted by Crippen LogP contribution is -2.44. The first-order valence-electron chi connectivity index (χ1n) is 6.46. The van der Waals surface area contributed by atoms with Crippen LogP contribution in [0, 0.1) is 5.92 Å². The van der Waals surface area contributed by atoms with Crippen LogP contribution in [-0.2, 0) is 4.74 Å².